The molecule has 0 saturated heterocycles. The van der Waals surface area contributed by atoms with Gasteiger partial charge in [-0.15, -0.1) is 0 Å². The van der Waals surface area contributed by atoms with Crippen LogP contribution < -0.4 is 4.74 Å². The number of hydrogen-bond donors (Lipinski definition) is 0. The molecule has 0 aliphatic heterocycles. The topological polar surface area (TPSA) is 33.0 Å². The van der Waals surface area contributed by atoms with Crippen LogP contribution in [0.4, 0.5) is 4.39 Å². The smallest absolute Gasteiger partial charge is 0.137 e. The maximum Gasteiger partial charge on any atom is 0.137 e. The van der Waals surface area contributed by atoms with Crippen molar-refractivity contribution in [3.8, 4) is 11.8 Å². The fourth-order valence-corrected chi connectivity index (χ4v) is 2.31. The quantitative estimate of drug-likeness (QED) is 0.839. The summed E-state index contributed by atoms with van der Waals surface area (Å²) in [6, 6.07) is 13.7. The molecule has 0 spiro atoms. The highest BCUT2D eigenvalue weighted by molar-refractivity contribution is 6.32. The van der Waals surface area contributed by atoms with Crippen LogP contribution >= 0.6 is 11.6 Å². The van der Waals surface area contributed by atoms with E-state index in [1.54, 1.807) is 31.4 Å². The molecule has 0 N–H and O–H groups in total. The normalized spacial score (nSPS) is 11.7. The van der Waals surface area contributed by atoms with Crippen molar-refractivity contribution >= 4 is 11.6 Å². The van der Waals surface area contributed by atoms with Crippen LogP contribution in [0.15, 0.2) is 42.5 Å². The molecule has 20 heavy (non-hydrogen) atoms. The molecule has 1 atom stereocenters. The lowest BCUT2D eigenvalue weighted by Gasteiger charge is -2.11. The predicted octanol–water partition coefficient (Wildman–Crippen LogP) is 4.34. The van der Waals surface area contributed by atoms with Gasteiger partial charge in [0.2, 0.25) is 0 Å². The fraction of sp³-hybridized carbons (Fsp3) is 0.188. The maximum absolute atomic E-state index is 13.2. The largest absolute Gasteiger partial charge is 0.495 e. The lowest BCUT2D eigenvalue weighted by atomic mass is 9.93. The van der Waals surface area contributed by atoms with E-state index in [4.69, 9.17) is 16.3 Å². The summed E-state index contributed by atoms with van der Waals surface area (Å²) in [4.78, 5) is 0. The lowest BCUT2D eigenvalue weighted by Crippen LogP contribution is -2.01. The van der Waals surface area contributed by atoms with Gasteiger partial charge in [0.15, 0.2) is 0 Å². The molecule has 1 unspecified atom stereocenters. The highest BCUT2D eigenvalue weighted by Crippen LogP contribution is 2.28. The van der Waals surface area contributed by atoms with Crippen molar-refractivity contribution in [3.05, 3.63) is 64.4 Å². The van der Waals surface area contributed by atoms with Crippen molar-refractivity contribution in [2.45, 2.75) is 12.3 Å². The Labute approximate surface area is 122 Å². The molecule has 0 amide bonds. The minimum Gasteiger partial charge on any atom is -0.495 e. The zero-order chi connectivity index (χ0) is 14.5. The number of methoxy groups -OCH3 is 1. The molecule has 0 aliphatic rings. The van der Waals surface area contributed by atoms with Crippen LogP contribution in [0.2, 0.25) is 5.02 Å². The van der Waals surface area contributed by atoms with Crippen LogP contribution in [-0.4, -0.2) is 7.11 Å². The fourth-order valence-electron chi connectivity index (χ4n) is 2.03. The van der Waals surface area contributed by atoms with E-state index in [0.29, 0.717) is 22.8 Å². The number of ether oxygens (including phenoxy) is 1. The van der Waals surface area contributed by atoms with E-state index in [0.717, 1.165) is 5.56 Å². The summed E-state index contributed by atoms with van der Waals surface area (Å²) >= 11 is 6.06. The molecular weight excluding hydrogens is 277 g/mol. The van der Waals surface area contributed by atoms with Crippen molar-refractivity contribution in [2.75, 3.05) is 7.11 Å². The van der Waals surface area contributed by atoms with Crippen LogP contribution in [0.3, 0.4) is 0 Å². The number of benzene rings is 2. The standard InChI is InChI=1S/C16H13ClFNO/c1-20-16-6-5-11(8-15(16)17)7-13(10-19)12-3-2-4-14(18)9-12/h2-6,8-9,13H,7H2,1H3. The first-order valence-electron chi connectivity index (χ1n) is 6.11. The second-order valence-corrected chi connectivity index (χ2v) is 4.82. The Bertz CT molecular complexity index is 651. The predicted molar refractivity (Wildman–Crippen MR) is 76.5 cm³/mol. The summed E-state index contributed by atoms with van der Waals surface area (Å²) in [6.45, 7) is 0. The summed E-state index contributed by atoms with van der Waals surface area (Å²) in [5.74, 6) is -0.152. The Morgan fingerprint density at radius 1 is 1.30 bits per heavy atom. The van der Waals surface area contributed by atoms with Crippen molar-refractivity contribution in [3.63, 3.8) is 0 Å². The third-order valence-corrected chi connectivity index (χ3v) is 3.36. The van der Waals surface area contributed by atoms with E-state index in [9.17, 15) is 9.65 Å². The minimum absolute atomic E-state index is 0.337. The Balaban J connectivity index is 2.23. The van der Waals surface area contributed by atoms with Crippen LogP contribution in [0.5, 0.6) is 5.75 Å². The van der Waals surface area contributed by atoms with Crippen molar-refractivity contribution in [1.29, 1.82) is 5.26 Å². The highest BCUT2D eigenvalue weighted by Gasteiger charge is 2.13. The van der Waals surface area contributed by atoms with Gasteiger partial charge in [0.05, 0.1) is 24.1 Å². The van der Waals surface area contributed by atoms with Crippen molar-refractivity contribution in [1.82, 2.24) is 0 Å². The Hall–Kier alpha value is -2.05. The molecule has 0 fully saturated rings. The number of nitriles is 1. The van der Waals surface area contributed by atoms with E-state index in [2.05, 4.69) is 6.07 Å². The molecule has 0 saturated carbocycles. The third kappa shape index (κ3) is 3.28. The zero-order valence-corrected chi connectivity index (χ0v) is 11.7. The van der Waals surface area contributed by atoms with Gasteiger partial charge in [-0.2, -0.15) is 5.26 Å². The van der Waals surface area contributed by atoms with Gasteiger partial charge in [-0.3, -0.25) is 0 Å². The Kier molecular flexibility index (Phi) is 4.60. The number of hydrogen-bond acceptors (Lipinski definition) is 2. The molecule has 0 bridgehead atoms. The van der Waals surface area contributed by atoms with E-state index >= 15 is 0 Å². The van der Waals surface area contributed by atoms with E-state index in [1.807, 2.05) is 6.07 Å². The summed E-state index contributed by atoms with van der Waals surface area (Å²) in [7, 11) is 1.55. The molecule has 2 aromatic carbocycles. The second-order valence-electron chi connectivity index (χ2n) is 4.41. The lowest BCUT2D eigenvalue weighted by molar-refractivity contribution is 0.415. The second kappa shape index (κ2) is 6.40. The van der Waals surface area contributed by atoms with Gasteiger partial charge in [-0.25, -0.2) is 4.39 Å². The first-order chi connectivity index (χ1) is 9.63. The summed E-state index contributed by atoms with van der Waals surface area (Å²) in [5.41, 5.74) is 1.58. The van der Waals surface area contributed by atoms with Gasteiger partial charge >= 0.3 is 0 Å². The van der Waals surface area contributed by atoms with Crippen LogP contribution in [0.1, 0.15) is 17.0 Å². The molecule has 102 valence electrons. The zero-order valence-electron chi connectivity index (χ0n) is 10.9. The molecule has 2 nitrogen and oxygen atoms in total. The summed E-state index contributed by atoms with van der Waals surface area (Å²) < 4.78 is 18.3. The van der Waals surface area contributed by atoms with Gasteiger partial charge in [0, 0.05) is 0 Å². The Morgan fingerprint density at radius 3 is 2.70 bits per heavy atom. The van der Waals surface area contributed by atoms with Crippen molar-refractivity contribution < 1.29 is 9.13 Å². The van der Waals surface area contributed by atoms with Gasteiger partial charge in [-0.1, -0.05) is 29.8 Å². The summed E-state index contributed by atoms with van der Waals surface area (Å²) in [5, 5.41) is 9.77. The molecule has 0 radical (unpaired) electrons. The monoisotopic (exact) mass is 289 g/mol. The molecular formula is C16H13ClFNO. The number of halogens is 2. The van der Waals surface area contributed by atoms with Gasteiger partial charge in [-0.05, 0) is 41.8 Å². The highest BCUT2D eigenvalue weighted by atomic mass is 35.5. The van der Waals surface area contributed by atoms with E-state index in [1.165, 1.54) is 12.1 Å². The molecule has 2 rings (SSSR count). The third-order valence-electron chi connectivity index (χ3n) is 3.06. The van der Waals surface area contributed by atoms with Gasteiger partial charge in [0.1, 0.15) is 11.6 Å². The number of rotatable bonds is 4. The molecule has 0 heterocycles. The number of nitrogens with zero attached hydrogens (tertiary/aromatic N) is 1. The van der Waals surface area contributed by atoms with Crippen LogP contribution in [0.25, 0.3) is 0 Å². The average Bonchev–Trinajstić information content (AvgIpc) is 2.45. The van der Waals surface area contributed by atoms with Crippen LogP contribution in [0, 0.1) is 17.1 Å². The van der Waals surface area contributed by atoms with E-state index in [-0.39, 0.29) is 5.82 Å². The first-order valence-corrected chi connectivity index (χ1v) is 6.49. The van der Waals surface area contributed by atoms with Crippen molar-refractivity contribution in [2.24, 2.45) is 0 Å². The van der Waals surface area contributed by atoms with Gasteiger partial charge in [0.25, 0.3) is 0 Å². The van der Waals surface area contributed by atoms with Crippen LogP contribution in [-0.2, 0) is 6.42 Å². The van der Waals surface area contributed by atoms with E-state index < -0.39 is 5.92 Å². The SMILES string of the molecule is COc1ccc(CC(C#N)c2cccc(F)c2)cc1Cl. The molecule has 0 aliphatic carbocycles. The van der Waals surface area contributed by atoms with Gasteiger partial charge < -0.3 is 4.74 Å². The molecule has 2 aromatic rings. The Morgan fingerprint density at radius 2 is 2.10 bits per heavy atom. The maximum atomic E-state index is 13.2. The molecule has 0 aromatic heterocycles. The average molecular weight is 290 g/mol. The summed E-state index contributed by atoms with van der Waals surface area (Å²) in [6.07, 6.45) is 0.476. The first kappa shape index (κ1) is 14.4. The minimum atomic E-state index is -0.407. The molecule has 4 heteroatoms.